The number of methoxy groups -OCH3 is 2. The van der Waals surface area contributed by atoms with E-state index in [1.807, 2.05) is 30.3 Å². The number of hydrogen-bond donors (Lipinski definition) is 1. The van der Waals surface area contributed by atoms with Gasteiger partial charge in [0.15, 0.2) is 11.5 Å². The maximum Gasteiger partial charge on any atom is 0.264 e. The van der Waals surface area contributed by atoms with Crippen molar-refractivity contribution in [2.24, 2.45) is 0 Å². The normalized spacial score (nSPS) is 14.2. The molecule has 9 nitrogen and oxygen atoms in total. The number of nitrogens with one attached hydrogen (secondary N) is 1. The van der Waals surface area contributed by atoms with Crippen LogP contribution in [0, 0.1) is 0 Å². The van der Waals surface area contributed by atoms with Gasteiger partial charge < -0.3 is 19.7 Å². The van der Waals surface area contributed by atoms with Gasteiger partial charge >= 0.3 is 0 Å². The molecule has 11 heteroatoms. The second kappa shape index (κ2) is 13.9. The molecule has 4 rings (SSSR count). The molecule has 1 atom stereocenters. The molecule has 0 heterocycles. The van der Waals surface area contributed by atoms with Crippen LogP contribution in [0.2, 0.25) is 5.02 Å². The number of nitrogens with zero attached hydrogens (tertiary/aromatic N) is 2. The third-order valence-electron chi connectivity index (χ3n) is 7.40. The first-order valence-electron chi connectivity index (χ1n) is 13.8. The van der Waals surface area contributed by atoms with Crippen molar-refractivity contribution in [1.82, 2.24) is 10.2 Å². The van der Waals surface area contributed by atoms with Crippen LogP contribution in [0.5, 0.6) is 11.5 Å². The van der Waals surface area contributed by atoms with Gasteiger partial charge in [-0.05, 0) is 61.7 Å². The van der Waals surface area contributed by atoms with Crippen LogP contribution in [0.3, 0.4) is 0 Å². The van der Waals surface area contributed by atoms with Crippen molar-refractivity contribution in [2.45, 2.75) is 56.1 Å². The lowest BCUT2D eigenvalue weighted by Crippen LogP contribution is -2.52. The number of carbonyl (C=O) groups is 2. The van der Waals surface area contributed by atoms with Crippen molar-refractivity contribution in [3.05, 3.63) is 83.4 Å². The Morgan fingerprint density at radius 1 is 0.952 bits per heavy atom. The minimum Gasteiger partial charge on any atom is -0.493 e. The van der Waals surface area contributed by atoms with E-state index < -0.39 is 28.5 Å². The Bertz CT molecular complexity index is 1480. The lowest BCUT2D eigenvalue weighted by atomic mass is 10.1. The number of anilines is 1. The van der Waals surface area contributed by atoms with Crippen molar-refractivity contribution in [2.75, 3.05) is 25.1 Å². The molecule has 0 radical (unpaired) electrons. The Kier molecular flexibility index (Phi) is 10.3. The van der Waals surface area contributed by atoms with E-state index in [2.05, 4.69) is 5.32 Å². The van der Waals surface area contributed by atoms with Crippen LogP contribution in [-0.2, 0) is 26.2 Å². The Labute approximate surface area is 252 Å². The maximum atomic E-state index is 14.1. The van der Waals surface area contributed by atoms with Crippen molar-refractivity contribution in [3.8, 4) is 11.5 Å². The average molecular weight is 614 g/mol. The highest BCUT2D eigenvalue weighted by molar-refractivity contribution is 7.92. The molecule has 1 fully saturated rings. The molecule has 3 aromatic carbocycles. The molecule has 1 aliphatic rings. The molecular weight excluding hydrogens is 578 g/mol. The Morgan fingerprint density at radius 2 is 1.60 bits per heavy atom. The molecule has 3 aromatic rings. The number of sulfonamides is 1. The Hall–Kier alpha value is -3.76. The van der Waals surface area contributed by atoms with E-state index in [9.17, 15) is 18.0 Å². The van der Waals surface area contributed by atoms with Crippen molar-refractivity contribution in [3.63, 3.8) is 0 Å². The van der Waals surface area contributed by atoms with Gasteiger partial charge in [-0.15, -0.1) is 0 Å². The number of rotatable bonds is 12. The Balaban J connectivity index is 1.70. The quantitative estimate of drug-likeness (QED) is 0.307. The fraction of sp³-hybridized carbons (Fsp3) is 0.355. The predicted octanol–water partition coefficient (Wildman–Crippen LogP) is 5.03. The maximum absolute atomic E-state index is 14.1. The van der Waals surface area contributed by atoms with Crippen molar-refractivity contribution >= 4 is 39.1 Å². The highest BCUT2D eigenvalue weighted by atomic mass is 35.5. The van der Waals surface area contributed by atoms with Crippen molar-refractivity contribution in [1.29, 1.82) is 0 Å². The van der Waals surface area contributed by atoms with Gasteiger partial charge in [0.25, 0.3) is 10.0 Å². The first kappa shape index (κ1) is 31.2. The molecule has 42 heavy (non-hydrogen) atoms. The van der Waals surface area contributed by atoms with Gasteiger partial charge in [-0.2, -0.15) is 0 Å². The van der Waals surface area contributed by atoms with Gasteiger partial charge in [-0.1, -0.05) is 54.8 Å². The van der Waals surface area contributed by atoms with Crippen LogP contribution >= 0.6 is 11.6 Å². The monoisotopic (exact) mass is 613 g/mol. The molecule has 1 aliphatic carbocycles. The predicted molar refractivity (Wildman–Crippen MR) is 162 cm³/mol. The van der Waals surface area contributed by atoms with E-state index >= 15 is 0 Å². The second-order valence-corrected chi connectivity index (χ2v) is 12.5. The molecule has 0 unspecified atom stereocenters. The number of ether oxygens (including phenoxy) is 2. The van der Waals surface area contributed by atoms with Crippen LogP contribution in [0.25, 0.3) is 0 Å². The van der Waals surface area contributed by atoms with Crippen LogP contribution in [0.4, 0.5) is 5.69 Å². The zero-order chi connectivity index (χ0) is 30.3. The highest BCUT2D eigenvalue weighted by Gasteiger charge is 2.33. The SMILES string of the molecule is COc1ccc(S(=O)(=O)N(CC(=O)N(Cc2ccccc2)[C@@H](C)C(=O)NC2CCCC2)c2ccc(Cl)cc2)cc1OC. The zero-order valence-electron chi connectivity index (χ0n) is 24.0. The summed E-state index contributed by atoms with van der Waals surface area (Å²) in [5.41, 5.74) is 1.05. The van der Waals surface area contributed by atoms with Crippen LogP contribution < -0.4 is 19.1 Å². The first-order valence-corrected chi connectivity index (χ1v) is 15.6. The molecule has 1 saturated carbocycles. The van der Waals surface area contributed by atoms with Gasteiger partial charge in [0, 0.05) is 23.7 Å². The van der Waals surface area contributed by atoms with E-state index in [0.29, 0.717) is 10.8 Å². The fourth-order valence-corrected chi connectivity index (χ4v) is 6.55. The lowest BCUT2D eigenvalue weighted by Gasteiger charge is -2.32. The fourth-order valence-electron chi connectivity index (χ4n) is 4.99. The van der Waals surface area contributed by atoms with Gasteiger partial charge in [-0.3, -0.25) is 13.9 Å². The number of carbonyl (C=O) groups excluding carboxylic acids is 2. The van der Waals surface area contributed by atoms with E-state index in [1.54, 1.807) is 19.1 Å². The standard InChI is InChI=1S/C31H36ClN3O6S/c1-22(31(37)33-25-11-7-8-12-25)34(20-23-9-5-4-6-10-23)30(36)21-35(26-15-13-24(32)14-16-26)42(38,39)27-17-18-28(40-2)29(19-27)41-3/h4-6,9-10,13-19,22,25H,7-8,11-12,20-21H2,1-3H3,(H,33,37)/t22-/m0/s1. The molecule has 1 N–H and O–H groups in total. The van der Waals surface area contributed by atoms with Crippen LogP contribution in [0.15, 0.2) is 77.7 Å². The zero-order valence-corrected chi connectivity index (χ0v) is 25.5. The third kappa shape index (κ3) is 7.35. The number of halogens is 1. The lowest BCUT2D eigenvalue weighted by molar-refractivity contribution is -0.139. The minimum absolute atomic E-state index is 0.0737. The summed E-state index contributed by atoms with van der Waals surface area (Å²) in [6.45, 7) is 1.25. The summed E-state index contributed by atoms with van der Waals surface area (Å²) < 4.78 is 39.8. The summed E-state index contributed by atoms with van der Waals surface area (Å²) in [4.78, 5) is 28.7. The van der Waals surface area contributed by atoms with E-state index in [-0.39, 0.29) is 34.8 Å². The largest absolute Gasteiger partial charge is 0.493 e. The van der Waals surface area contributed by atoms with Gasteiger partial charge in [0.1, 0.15) is 12.6 Å². The molecule has 0 saturated heterocycles. The molecule has 0 bridgehead atoms. The molecule has 0 aliphatic heterocycles. The highest BCUT2D eigenvalue weighted by Crippen LogP contribution is 2.33. The molecule has 224 valence electrons. The average Bonchev–Trinajstić information content (AvgIpc) is 3.51. The van der Waals surface area contributed by atoms with Gasteiger partial charge in [0.05, 0.1) is 24.8 Å². The smallest absolute Gasteiger partial charge is 0.264 e. The number of hydrogen-bond acceptors (Lipinski definition) is 6. The van der Waals surface area contributed by atoms with E-state index in [4.69, 9.17) is 21.1 Å². The van der Waals surface area contributed by atoms with E-state index in [1.165, 1.54) is 49.5 Å². The summed E-state index contributed by atoms with van der Waals surface area (Å²) in [6, 6.07) is 18.9. The minimum atomic E-state index is -4.28. The first-order chi connectivity index (χ1) is 20.1. The third-order valence-corrected chi connectivity index (χ3v) is 9.42. The summed E-state index contributed by atoms with van der Waals surface area (Å²) >= 11 is 6.10. The summed E-state index contributed by atoms with van der Waals surface area (Å²) in [7, 11) is -1.42. The topological polar surface area (TPSA) is 105 Å². The molecule has 0 spiro atoms. The van der Waals surface area contributed by atoms with Crippen LogP contribution in [-0.4, -0.2) is 58.0 Å². The van der Waals surface area contributed by atoms with Crippen molar-refractivity contribution < 1.29 is 27.5 Å². The second-order valence-electron chi connectivity index (χ2n) is 10.2. The molecular formula is C31H36ClN3O6S. The Morgan fingerprint density at radius 3 is 2.21 bits per heavy atom. The molecule has 0 aromatic heterocycles. The number of benzene rings is 3. The molecule has 2 amide bonds. The van der Waals surface area contributed by atoms with E-state index in [0.717, 1.165) is 35.6 Å². The summed E-state index contributed by atoms with van der Waals surface area (Å²) in [5.74, 6) is -0.218. The number of amides is 2. The van der Waals surface area contributed by atoms with Gasteiger partial charge in [-0.25, -0.2) is 8.42 Å². The summed E-state index contributed by atoms with van der Waals surface area (Å²) in [5, 5.41) is 3.48. The van der Waals surface area contributed by atoms with Crippen LogP contribution in [0.1, 0.15) is 38.2 Å². The summed E-state index contributed by atoms with van der Waals surface area (Å²) in [6.07, 6.45) is 3.91. The van der Waals surface area contributed by atoms with Gasteiger partial charge in [0.2, 0.25) is 11.8 Å².